The Morgan fingerprint density at radius 3 is 3.05 bits per heavy atom. The molecule has 1 N–H and O–H groups in total. The summed E-state index contributed by atoms with van der Waals surface area (Å²) in [4.78, 5) is 4.45. The minimum absolute atomic E-state index is 0.828. The van der Waals surface area contributed by atoms with Crippen LogP contribution in [0.25, 0.3) is 11.4 Å². The molecule has 0 saturated heterocycles. The van der Waals surface area contributed by atoms with Crippen LogP contribution in [0, 0.1) is 0 Å². The van der Waals surface area contributed by atoms with Crippen LogP contribution < -0.4 is 4.74 Å². The highest BCUT2D eigenvalue weighted by Gasteiger charge is 2.10. The average molecular weight is 301 g/mol. The van der Waals surface area contributed by atoms with Crippen LogP contribution in [-0.4, -0.2) is 37.8 Å². The summed E-state index contributed by atoms with van der Waals surface area (Å²) in [6.45, 7) is 0.838. The first-order valence-electron chi connectivity index (χ1n) is 6.51. The normalized spacial score (nSPS) is 10.7. The lowest BCUT2D eigenvalue weighted by atomic mass is 10.2. The molecule has 0 amide bonds. The number of para-hydroxylation sites is 1. The lowest BCUT2D eigenvalue weighted by Gasteiger charge is -2.10. The molecule has 0 spiro atoms. The molecule has 0 saturated carbocycles. The maximum Gasteiger partial charge on any atom is 0.143 e. The predicted molar refractivity (Wildman–Crippen MR) is 81.3 cm³/mol. The maximum atomic E-state index is 5.41. The summed E-state index contributed by atoms with van der Waals surface area (Å²) in [6.07, 6.45) is 5.51. The van der Waals surface area contributed by atoms with Crippen molar-refractivity contribution in [2.24, 2.45) is 0 Å². The first-order chi connectivity index (χ1) is 10.4. The van der Waals surface area contributed by atoms with Crippen LogP contribution in [0.4, 0.5) is 0 Å². The van der Waals surface area contributed by atoms with Crippen molar-refractivity contribution in [1.29, 1.82) is 0 Å². The van der Waals surface area contributed by atoms with Crippen molar-refractivity contribution in [3.8, 4) is 17.1 Å². The molecule has 0 unspecified atom stereocenters. The average Bonchev–Trinajstić information content (AvgIpc) is 3.19. The lowest BCUT2D eigenvalue weighted by molar-refractivity contribution is 0.416. The van der Waals surface area contributed by atoms with E-state index in [0.29, 0.717) is 0 Å². The summed E-state index contributed by atoms with van der Waals surface area (Å²) in [7, 11) is 1.67. The number of thioether (sulfide) groups is 1. The van der Waals surface area contributed by atoms with Crippen LogP contribution in [0.15, 0.2) is 47.9 Å². The van der Waals surface area contributed by atoms with Gasteiger partial charge in [-0.2, -0.15) is 10.3 Å². The van der Waals surface area contributed by atoms with Crippen LogP contribution in [-0.2, 0) is 6.54 Å². The molecule has 0 aliphatic heterocycles. The summed E-state index contributed by atoms with van der Waals surface area (Å²) < 4.78 is 7.52. The Balaban J connectivity index is 1.74. The highest BCUT2D eigenvalue weighted by molar-refractivity contribution is 7.99. The number of hydrogen-bond acceptors (Lipinski definition) is 5. The minimum atomic E-state index is 0.828. The van der Waals surface area contributed by atoms with Gasteiger partial charge in [0.25, 0.3) is 0 Å². The molecular formula is C14H15N5OS. The Bertz CT molecular complexity index is 695. The second-order valence-corrected chi connectivity index (χ2v) is 5.42. The van der Waals surface area contributed by atoms with E-state index in [-0.39, 0.29) is 0 Å². The number of aromatic nitrogens is 5. The molecule has 21 heavy (non-hydrogen) atoms. The predicted octanol–water partition coefficient (Wildman–Crippen LogP) is 2.47. The number of aryl methyl sites for hydroxylation is 1. The van der Waals surface area contributed by atoms with Gasteiger partial charge in [-0.3, -0.25) is 0 Å². The molecule has 0 aliphatic rings. The van der Waals surface area contributed by atoms with Crippen LogP contribution in [0.5, 0.6) is 5.75 Å². The standard InChI is InChI=1S/C14H15N5OS/c1-20-12-5-3-2-4-11(12)14-15-6-7-19(14)8-9-21-13-10-16-18-17-13/h2-7,10H,8-9H2,1H3,(H,16,17,18). The van der Waals surface area contributed by atoms with Crippen molar-refractivity contribution in [1.82, 2.24) is 25.0 Å². The molecule has 2 aromatic heterocycles. The summed E-state index contributed by atoms with van der Waals surface area (Å²) >= 11 is 1.65. The zero-order chi connectivity index (χ0) is 14.5. The Morgan fingerprint density at radius 2 is 2.24 bits per heavy atom. The topological polar surface area (TPSA) is 68.6 Å². The molecule has 3 aromatic rings. The first-order valence-corrected chi connectivity index (χ1v) is 7.50. The van der Waals surface area contributed by atoms with Gasteiger partial charge in [-0.15, -0.1) is 16.9 Å². The zero-order valence-electron chi connectivity index (χ0n) is 11.6. The second-order valence-electron chi connectivity index (χ2n) is 4.30. The van der Waals surface area contributed by atoms with Gasteiger partial charge in [0.1, 0.15) is 16.6 Å². The maximum absolute atomic E-state index is 5.41. The Morgan fingerprint density at radius 1 is 1.33 bits per heavy atom. The van der Waals surface area contributed by atoms with Crippen LogP contribution in [0.2, 0.25) is 0 Å². The largest absolute Gasteiger partial charge is 0.496 e. The molecule has 0 fully saturated rings. The van der Waals surface area contributed by atoms with Crippen LogP contribution >= 0.6 is 11.8 Å². The number of rotatable bonds is 6. The van der Waals surface area contributed by atoms with Gasteiger partial charge in [0.2, 0.25) is 0 Å². The second kappa shape index (κ2) is 6.45. The summed E-state index contributed by atoms with van der Waals surface area (Å²) in [5.41, 5.74) is 0.997. The monoisotopic (exact) mass is 301 g/mol. The molecule has 108 valence electrons. The molecule has 6 nitrogen and oxygen atoms in total. The van der Waals surface area contributed by atoms with E-state index in [2.05, 4.69) is 25.0 Å². The van der Waals surface area contributed by atoms with Crippen LogP contribution in [0.3, 0.4) is 0 Å². The smallest absolute Gasteiger partial charge is 0.143 e. The number of nitrogens with one attached hydrogen (secondary N) is 1. The van der Waals surface area contributed by atoms with Gasteiger partial charge >= 0.3 is 0 Å². The third-order valence-electron chi connectivity index (χ3n) is 3.04. The third-order valence-corrected chi connectivity index (χ3v) is 3.92. The van der Waals surface area contributed by atoms with E-state index >= 15 is 0 Å². The number of benzene rings is 1. The number of aromatic amines is 1. The van der Waals surface area contributed by atoms with E-state index < -0.39 is 0 Å². The fourth-order valence-corrected chi connectivity index (χ4v) is 2.80. The van der Waals surface area contributed by atoms with Crippen molar-refractivity contribution in [3.05, 3.63) is 42.9 Å². The molecule has 1 aromatic carbocycles. The number of nitrogens with zero attached hydrogens (tertiary/aromatic N) is 4. The van der Waals surface area contributed by atoms with Gasteiger partial charge in [0, 0.05) is 24.7 Å². The summed E-state index contributed by atoms with van der Waals surface area (Å²) in [5, 5.41) is 11.3. The van der Waals surface area contributed by atoms with Crippen molar-refractivity contribution in [2.45, 2.75) is 11.6 Å². The fraction of sp³-hybridized carbons (Fsp3) is 0.214. The molecular weight excluding hydrogens is 286 g/mol. The van der Waals surface area contributed by atoms with Crippen molar-refractivity contribution in [3.63, 3.8) is 0 Å². The van der Waals surface area contributed by atoms with Gasteiger partial charge in [-0.25, -0.2) is 4.98 Å². The Kier molecular flexibility index (Phi) is 4.20. The molecule has 0 radical (unpaired) electrons. The number of ether oxygens (including phenoxy) is 1. The van der Waals surface area contributed by atoms with Gasteiger partial charge in [0.05, 0.1) is 18.9 Å². The van der Waals surface area contributed by atoms with Gasteiger partial charge in [0.15, 0.2) is 0 Å². The molecule has 3 rings (SSSR count). The molecule has 0 atom stereocenters. The number of methoxy groups -OCH3 is 1. The first kappa shape index (κ1) is 13.7. The van der Waals surface area contributed by atoms with Crippen molar-refractivity contribution in [2.75, 3.05) is 12.9 Å². The molecule has 2 heterocycles. The van der Waals surface area contributed by atoms with Gasteiger partial charge in [-0.1, -0.05) is 12.1 Å². The molecule has 0 bridgehead atoms. The van der Waals surface area contributed by atoms with E-state index in [0.717, 1.165) is 34.5 Å². The minimum Gasteiger partial charge on any atom is -0.496 e. The quantitative estimate of drug-likeness (QED) is 0.708. The molecule has 0 aliphatic carbocycles. The highest BCUT2D eigenvalue weighted by Crippen LogP contribution is 2.28. The van der Waals surface area contributed by atoms with E-state index in [9.17, 15) is 0 Å². The Labute approximate surface area is 126 Å². The molecule has 7 heteroatoms. The SMILES string of the molecule is COc1ccccc1-c1nccn1CCSc1cn[nH]n1. The number of hydrogen-bond donors (Lipinski definition) is 1. The number of imidazole rings is 1. The van der Waals surface area contributed by atoms with E-state index in [1.165, 1.54) is 0 Å². The van der Waals surface area contributed by atoms with Gasteiger partial charge < -0.3 is 9.30 Å². The summed E-state index contributed by atoms with van der Waals surface area (Å²) in [5.74, 6) is 2.63. The van der Waals surface area contributed by atoms with E-state index in [4.69, 9.17) is 4.74 Å². The number of H-pyrrole nitrogens is 1. The van der Waals surface area contributed by atoms with E-state index in [1.54, 1.807) is 25.1 Å². The van der Waals surface area contributed by atoms with Crippen molar-refractivity contribution >= 4 is 11.8 Å². The highest BCUT2D eigenvalue weighted by atomic mass is 32.2. The van der Waals surface area contributed by atoms with Gasteiger partial charge in [-0.05, 0) is 12.1 Å². The lowest BCUT2D eigenvalue weighted by Crippen LogP contribution is -2.02. The van der Waals surface area contributed by atoms with E-state index in [1.807, 2.05) is 36.7 Å². The Hall–Kier alpha value is -2.28. The summed E-state index contributed by atoms with van der Waals surface area (Å²) in [6, 6.07) is 7.90. The zero-order valence-corrected chi connectivity index (χ0v) is 12.4. The van der Waals surface area contributed by atoms with Crippen LogP contribution in [0.1, 0.15) is 0 Å². The third kappa shape index (κ3) is 3.08. The fourth-order valence-electron chi connectivity index (χ4n) is 2.07. The van der Waals surface area contributed by atoms with Crippen molar-refractivity contribution < 1.29 is 4.74 Å².